The number of piperidine rings is 1. The first-order chi connectivity index (χ1) is 7.77. The molecule has 0 bridgehead atoms. The van der Waals surface area contributed by atoms with Crippen molar-refractivity contribution in [3.8, 4) is 0 Å². The molecule has 16 heavy (non-hydrogen) atoms. The molecule has 1 saturated heterocycles. The summed E-state index contributed by atoms with van der Waals surface area (Å²) in [6.45, 7) is 8.54. The molecule has 2 nitrogen and oxygen atoms in total. The Balaban J connectivity index is 2.14. The van der Waals surface area contributed by atoms with Gasteiger partial charge < -0.3 is 10.2 Å². The fourth-order valence-corrected chi connectivity index (χ4v) is 2.76. The molecule has 0 aromatic heterocycles. The van der Waals surface area contributed by atoms with Gasteiger partial charge in [0.1, 0.15) is 0 Å². The van der Waals surface area contributed by atoms with Crippen molar-refractivity contribution in [1.82, 2.24) is 10.2 Å². The summed E-state index contributed by atoms with van der Waals surface area (Å²) in [5.41, 5.74) is 0. The average molecular weight is 226 g/mol. The number of nitrogens with zero attached hydrogens (tertiary/aromatic N) is 1. The highest BCUT2D eigenvalue weighted by atomic mass is 15.2. The quantitative estimate of drug-likeness (QED) is 0.672. The molecule has 1 N–H and O–H groups in total. The molecule has 0 aromatic carbocycles. The SMILES string of the molecule is CCCCCC(C)N1CCC(CNC)CC1. The van der Waals surface area contributed by atoms with Crippen molar-refractivity contribution in [1.29, 1.82) is 0 Å². The monoisotopic (exact) mass is 226 g/mol. The Morgan fingerprint density at radius 1 is 1.25 bits per heavy atom. The maximum atomic E-state index is 3.30. The third-order valence-electron chi connectivity index (χ3n) is 3.99. The van der Waals surface area contributed by atoms with Crippen molar-refractivity contribution in [3.05, 3.63) is 0 Å². The lowest BCUT2D eigenvalue weighted by Gasteiger charge is -2.36. The standard InChI is InChI=1S/C14H30N2/c1-4-5-6-7-13(2)16-10-8-14(9-11-16)12-15-3/h13-15H,4-12H2,1-3H3. The number of hydrogen-bond acceptors (Lipinski definition) is 2. The highest BCUT2D eigenvalue weighted by Crippen LogP contribution is 2.20. The minimum absolute atomic E-state index is 0.807. The molecule has 0 radical (unpaired) electrons. The fraction of sp³-hybridized carbons (Fsp3) is 1.00. The molecule has 1 fully saturated rings. The summed E-state index contributed by atoms with van der Waals surface area (Å²) in [4.78, 5) is 2.70. The number of likely N-dealkylation sites (tertiary alicyclic amines) is 1. The van der Waals surface area contributed by atoms with Crippen LogP contribution in [0.4, 0.5) is 0 Å². The molecule has 0 amide bonds. The molecule has 1 aliphatic rings. The molecule has 0 saturated carbocycles. The highest BCUT2D eigenvalue weighted by Gasteiger charge is 2.21. The van der Waals surface area contributed by atoms with Crippen LogP contribution < -0.4 is 5.32 Å². The van der Waals surface area contributed by atoms with E-state index in [-0.39, 0.29) is 0 Å². The zero-order chi connectivity index (χ0) is 11.8. The first-order valence-electron chi connectivity index (χ1n) is 7.16. The van der Waals surface area contributed by atoms with Crippen molar-refractivity contribution in [2.75, 3.05) is 26.7 Å². The van der Waals surface area contributed by atoms with E-state index in [1.165, 1.54) is 58.2 Å². The number of unbranched alkanes of at least 4 members (excludes halogenated alkanes) is 2. The van der Waals surface area contributed by atoms with Crippen LogP contribution in [0.3, 0.4) is 0 Å². The first-order valence-corrected chi connectivity index (χ1v) is 7.16. The van der Waals surface area contributed by atoms with E-state index in [2.05, 4.69) is 31.1 Å². The predicted molar refractivity (Wildman–Crippen MR) is 71.8 cm³/mol. The van der Waals surface area contributed by atoms with E-state index in [1.54, 1.807) is 0 Å². The summed E-state index contributed by atoms with van der Waals surface area (Å²) < 4.78 is 0. The van der Waals surface area contributed by atoms with Crippen molar-refractivity contribution in [2.45, 2.75) is 58.4 Å². The van der Waals surface area contributed by atoms with Gasteiger partial charge in [-0.3, -0.25) is 0 Å². The van der Waals surface area contributed by atoms with Gasteiger partial charge in [0.05, 0.1) is 0 Å². The van der Waals surface area contributed by atoms with Gasteiger partial charge in [-0.05, 0) is 58.8 Å². The summed E-state index contributed by atoms with van der Waals surface area (Å²) in [5.74, 6) is 0.920. The highest BCUT2D eigenvalue weighted by molar-refractivity contribution is 4.77. The summed E-state index contributed by atoms with van der Waals surface area (Å²) in [7, 11) is 2.07. The van der Waals surface area contributed by atoms with E-state index in [9.17, 15) is 0 Å². The topological polar surface area (TPSA) is 15.3 Å². The third kappa shape index (κ3) is 4.84. The van der Waals surface area contributed by atoms with Crippen LogP contribution in [-0.2, 0) is 0 Å². The van der Waals surface area contributed by atoms with Crippen LogP contribution >= 0.6 is 0 Å². The zero-order valence-corrected chi connectivity index (χ0v) is 11.5. The second-order valence-corrected chi connectivity index (χ2v) is 5.38. The Kier molecular flexibility index (Phi) is 7.06. The van der Waals surface area contributed by atoms with Crippen LogP contribution in [0.5, 0.6) is 0 Å². The summed E-state index contributed by atoms with van der Waals surface area (Å²) in [6.07, 6.45) is 8.33. The van der Waals surface area contributed by atoms with Gasteiger partial charge in [-0.2, -0.15) is 0 Å². The van der Waals surface area contributed by atoms with Gasteiger partial charge in [0.15, 0.2) is 0 Å². The van der Waals surface area contributed by atoms with Gasteiger partial charge in [0, 0.05) is 6.04 Å². The number of nitrogens with one attached hydrogen (secondary N) is 1. The van der Waals surface area contributed by atoms with E-state index < -0.39 is 0 Å². The molecule has 1 aliphatic heterocycles. The second-order valence-electron chi connectivity index (χ2n) is 5.38. The smallest absolute Gasteiger partial charge is 0.00669 e. The molecule has 2 heteroatoms. The van der Waals surface area contributed by atoms with E-state index in [1.807, 2.05) is 0 Å². The third-order valence-corrected chi connectivity index (χ3v) is 3.99. The van der Waals surface area contributed by atoms with E-state index in [0.29, 0.717) is 0 Å². The van der Waals surface area contributed by atoms with Gasteiger partial charge in [-0.25, -0.2) is 0 Å². The molecule has 1 unspecified atom stereocenters. The van der Waals surface area contributed by atoms with Gasteiger partial charge in [0.25, 0.3) is 0 Å². The van der Waals surface area contributed by atoms with Crippen molar-refractivity contribution in [3.63, 3.8) is 0 Å². The van der Waals surface area contributed by atoms with Crippen molar-refractivity contribution >= 4 is 0 Å². The molecule has 0 aliphatic carbocycles. The maximum Gasteiger partial charge on any atom is 0.00669 e. The molecule has 0 spiro atoms. The second kappa shape index (κ2) is 8.08. The van der Waals surface area contributed by atoms with Crippen LogP contribution in [0.1, 0.15) is 52.4 Å². The van der Waals surface area contributed by atoms with E-state index in [0.717, 1.165) is 12.0 Å². The zero-order valence-electron chi connectivity index (χ0n) is 11.5. The molecule has 1 rings (SSSR count). The molecular formula is C14H30N2. The molecule has 96 valence electrons. The molecule has 1 heterocycles. The Morgan fingerprint density at radius 2 is 1.94 bits per heavy atom. The normalized spacial score (nSPS) is 21.2. The number of hydrogen-bond donors (Lipinski definition) is 1. The predicted octanol–water partition coefficient (Wildman–Crippen LogP) is 2.89. The Morgan fingerprint density at radius 3 is 2.50 bits per heavy atom. The first kappa shape index (κ1) is 14.0. The largest absolute Gasteiger partial charge is 0.319 e. The Hall–Kier alpha value is -0.0800. The minimum Gasteiger partial charge on any atom is -0.319 e. The lowest BCUT2D eigenvalue weighted by atomic mass is 9.95. The molecule has 0 aromatic rings. The Bertz CT molecular complexity index is 162. The number of rotatable bonds is 7. The average Bonchev–Trinajstić information content (AvgIpc) is 2.30. The van der Waals surface area contributed by atoms with Gasteiger partial charge >= 0.3 is 0 Å². The summed E-state index contributed by atoms with van der Waals surface area (Å²) in [5, 5.41) is 3.30. The van der Waals surface area contributed by atoms with Crippen LogP contribution in [-0.4, -0.2) is 37.6 Å². The van der Waals surface area contributed by atoms with Crippen molar-refractivity contribution < 1.29 is 0 Å². The van der Waals surface area contributed by atoms with E-state index in [4.69, 9.17) is 0 Å². The van der Waals surface area contributed by atoms with Gasteiger partial charge in [0.2, 0.25) is 0 Å². The lowest BCUT2D eigenvalue weighted by molar-refractivity contribution is 0.133. The van der Waals surface area contributed by atoms with Crippen molar-refractivity contribution in [2.24, 2.45) is 5.92 Å². The maximum absolute atomic E-state index is 3.30. The fourth-order valence-electron chi connectivity index (χ4n) is 2.76. The summed E-state index contributed by atoms with van der Waals surface area (Å²) >= 11 is 0. The Labute approximate surface area is 102 Å². The van der Waals surface area contributed by atoms with Gasteiger partial charge in [-0.15, -0.1) is 0 Å². The minimum atomic E-state index is 0.807. The van der Waals surface area contributed by atoms with E-state index >= 15 is 0 Å². The van der Waals surface area contributed by atoms with Crippen LogP contribution in [0.2, 0.25) is 0 Å². The van der Waals surface area contributed by atoms with Gasteiger partial charge in [-0.1, -0.05) is 26.2 Å². The summed E-state index contributed by atoms with van der Waals surface area (Å²) in [6, 6.07) is 0.807. The van der Waals surface area contributed by atoms with Crippen LogP contribution in [0, 0.1) is 5.92 Å². The van der Waals surface area contributed by atoms with Crippen LogP contribution in [0.25, 0.3) is 0 Å². The van der Waals surface area contributed by atoms with Crippen LogP contribution in [0.15, 0.2) is 0 Å². The molecule has 1 atom stereocenters. The molecular weight excluding hydrogens is 196 g/mol. The lowest BCUT2D eigenvalue weighted by Crippen LogP contribution is -2.41.